The van der Waals surface area contributed by atoms with Crippen molar-refractivity contribution in [2.75, 3.05) is 26.8 Å². The molecule has 0 unspecified atom stereocenters. The van der Waals surface area contributed by atoms with Crippen LogP contribution in [-0.4, -0.2) is 68.1 Å². The van der Waals surface area contributed by atoms with E-state index in [1.807, 2.05) is 16.8 Å². The lowest BCUT2D eigenvalue weighted by Crippen LogP contribution is -2.40. The minimum atomic E-state index is -0.229. The number of likely N-dealkylation sites (tertiary alicyclic amines) is 1. The number of hydrogen-bond donors (Lipinski definition) is 1. The molecule has 142 valence electrons. The Morgan fingerprint density at radius 3 is 2.93 bits per heavy atom. The SMILES string of the molecule is COCCn1nnnc1[C@H](c1ccc2ncccc2c1)N1CCC(O)CC1. The lowest BCUT2D eigenvalue weighted by Gasteiger charge is -2.35. The van der Waals surface area contributed by atoms with Crippen LogP contribution < -0.4 is 0 Å². The van der Waals surface area contributed by atoms with Gasteiger partial charge in [0.05, 0.1) is 30.8 Å². The van der Waals surface area contributed by atoms with E-state index in [1.165, 1.54) is 0 Å². The molecule has 0 amide bonds. The maximum absolute atomic E-state index is 9.92. The molecule has 1 fully saturated rings. The molecule has 0 spiro atoms. The van der Waals surface area contributed by atoms with Crippen LogP contribution in [0.3, 0.4) is 0 Å². The summed E-state index contributed by atoms with van der Waals surface area (Å²) in [5, 5.41) is 23.4. The van der Waals surface area contributed by atoms with Crippen molar-refractivity contribution >= 4 is 10.9 Å². The van der Waals surface area contributed by atoms with Gasteiger partial charge in [-0.1, -0.05) is 12.1 Å². The highest BCUT2D eigenvalue weighted by Crippen LogP contribution is 2.31. The molecule has 3 heterocycles. The molecule has 8 heteroatoms. The van der Waals surface area contributed by atoms with E-state index in [2.05, 4.69) is 43.6 Å². The van der Waals surface area contributed by atoms with Crippen LogP contribution in [0.1, 0.15) is 30.3 Å². The summed E-state index contributed by atoms with van der Waals surface area (Å²) in [7, 11) is 1.67. The van der Waals surface area contributed by atoms with Gasteiger partial charge in [-0.05, 0) is 47.0 Å². The largest absolute Gasteiger partial charge is 0.393 e. The summed E-state index contributed by atoms with van der Waals surface area (Å²) < 4.78 is 7.01. The molecular weight excluding hydrogens is 344 g/mol. The van der Waals surface area contributed by atoms with E-state index in [0.29, 0.717) is 13.2 Å². The van der Waals surface area contributed by atoms with Crippen LogP contribution in [0.2, 0.25) is 0 Å². The standard InChI is InChI=1S/C19H24N6O2/c1-27-12-11-25-19(21-22-23-25)18(24-9-6-16(26)7-10-24)15-4-5-17-14(13-15)3-2-8-20-17/h2-5,8,13,16,18,26H,6-7,9-12H2,1H3/t18-/m0/s1. The molecule has 1 aliphatic rings. The van der Waals surface area contributed by atoms with E-state index < -0.39 is 0 Å². The average Bonchev–Trinajstić information content (AvgIpc) is 3.16. The average molecular weight is 368 g/mol. The Kier molecular flexibility index (Phi) is 5.38. The molecule has 1 atom stereocenters. The van der Waals surface area contributed by atoms with Gasteiger partial charge in [0.1, 0.15) is 0 Å². The van der Waals surface area contributed by atoms with E-state index in [1.54, 1.807) is 13.3 Å². The first kappa shape index (κ1) is 18.0. The van der Waals surface area contributed by atoms with Crippen LogP contribution in [0.4, 0.5) is 0 Å². The summed E-state index contributed by atoms with van der Waals surface area (Å²) in [6.07, 6.45) is 3.08. The van der Waals surface area contributed by atoms with E-state index in [9.17, 15) is 5.11 Å². The van der Waals surface area contributed by atoms with Gasteiger partial charge in [0.25, 0.3) is 0 Å². The van der Waals surface area contributed by atoms with Crippen LogP contribution in [-0.2, 0) is 11.3 Å². The van der Waals surface area contributed by atoms with Gasteiger partial charge in [-0.3, -0.25) is 9.88 Å². The number of tetrazole rings is 1. The minimum Gasteiger partial charge on any atom is -0.393 e. The quantitative estimate of drug-likeness (QED) is 0.704. The first-order valence-electron chi connectivity index (χ1n) is 9.28. The molecule has 8 nitrogen and oxygen atoms in total. The summed E-state index contributed by atoms with van der Waals surface area (Å²) in [6, 6.07) is 10.2. The van der Waals surface area contributed by atoms with Crippen molar-refractivity contribution in [2.24, 2.45) is 0 Å². The first-order chi connectivity index (χ1) is 13.3. The molecule has 27 heavy (non-hydrogen) atoms. The second kappa shape index (κ2) is 8.08. The fraction of sp³-hybridized carbons (Fsp3) is 0.474. The van der Waals surface area contributed by atoms with Crippen molar-refractivity contribution in [1.29, 1.82) is 0 Å². The molecular formula is C19H24N6O2. The van der Waals surface area contributed by atoms with Crippen molar-refractivity contribution in [2.45, 2.75) is 31.5 Å². The maximum Gasteiger partial charge on any atom is 0.173 e. The number of hydrogen-bond acceptors (Lipinski definition) is 7. The number of aliphatic hydroxyl groups excluding tert-OH is 1. The zero-order valence-corrected chi connectivity index (χ0v) is 15.4. The van der Waals surface area contributed by atoms with Crippen molar-refractivity contribution < 1.29 is 9.84 Å². The topological polar surface area (TPSA) is 89.2 Å². The lowest BCUT2D eigenvalue weighted by molar-refractivity contribution is 0.0657. The highest BCUT2D eigenvalue weighted by molar-refractivity contribution is 5.79. The Morgan fingerprint density at radius 2 is 2.11 bits per heavy atom. The zero-order chi connectivity index (χ0) is 18.6. The van der Waals surface area contributed by atoms with Crippen LogP contribution in [0.5, 0.6) is 0 Å². The Morgan fingerprint density at radius 1 is 1.26 bits per heavy atom. The number of benzene rings is 1. The Balaban J connectivity index is 1.74. The summed E-state index contributed by atoms with van der Waals surface area (Å²) in [5.74, 6) is 0.798. The Hall–Kier alpha value is -2.42. The number of ether oxygens (including phenoxy) is 1. The van der Waals surface area contributed by atoms with Crippen LogP contribution in [0.25, 0.3) is 10.9 Å². The lowest BCUT2D eigenvalue weighted by atomic mass is 9.98. The van der Waals surface area contributed by atoms with E-state index in [4.69, 9.17) is 4.74 Å². The van der Waals surface area contributed by atoms with Gasteiger partial charge in [0.15, 0.2) is 5.82 Å². The Bertz CT molecular complexity index is 891. The van der Waals surface area contributed by atoms with Gasteiger partial charge in [-0.25, -0.2) is 4.68 Å². The van der Waals surface area contributed by atoms with Crippen molar-refractivity contribution in [3.05, 3.63) is 47.9 Å². The molecule has 0 bridgehead atoms. The predicted molar refractivity (Wildman–Crippen MR) is 100 cm³/mol. The highest BCUT2D eigenvalue weighted by atomic mass is 16.5. The number of aliphatic hydroxyl groups is 1. The number of methoxy groups -OCH3 is 1. The van der Waals surface area contributed by atoms with Gasteiger partial charge < -0.3 is 9.84 Å². The molecule has 1 N–H and O–H groups in total. The predicted octanol–water partition coefficient (Wildman–Crippen LogP) is 1.41. The zero-order valence-electron chi connectivity index (χ0n) is 15.4. The van der Waals surface area contributed by atoms with Crippen LogP contribution in [0.15, 0.2) is 36.5 Å². The normalized spacial score (nSPS) is 17.4. The third kappa shape index (κ3) is 3.83. The third-order valence-corrected chi connectivity index (χ3v) is 5.12. The van der Waals surface area contributed by atoms with E-state index >= 15 is 0 Å². The van der Waals surface area contributed by atoms with Gasteiger partial charge in [-0.15, -0.1) is 5.10 Å². The maximum atomic E-state index is 9.92. The smallest absolute Gasteiger partial charge is 0.173 e. The Labute approximate surface area is 157 Å². The van der Waals surface area contributed by atoms with Crippen molar-refractivity contribution in [1.82, 2.24) is 30.1 Å². The van der Waals surface area contributed by atoms with Crippen molar-refractivity contribution in [3.63, 3.8) is 0 Å². The van der Waals surface area contributed by atoms with E-state index in [0.717, 1.165) is 48.2 Å². The van der Waals surface area contributed by atoms with Crippen molar-refractivity contribution in [3.8, 4) is 0 Å². The summed E-state index contributed by atoms with van der Waals surface area (Å²) in [6.45, 7) is 2.74. The number of pyridine rings is 1. The molecule has 0 saturated carbocycles. The fourth-order valence-corrected chi connectivity index (χ4v) is 3.68. The molecule has 2 aromatic heterocycles. The molecule has 0 radical (unpaired) electrons. The number of rotatable bonds is 6. The molecule has 1 aromatic carbocycles. The number of fused-ring (bicyclic) bond motifs is 1. The number of aromatic nitrogens is 5. The second-order valence-corrected chi connectivity index (χ2v) is 6.88. The van der Waals surface area contributed by atoms with Crippen LogP contribution in [0, 0.1) is 0 Å². The van der Waals surface area contributed by atoms with Gasteiger partial charge in [0.2, 0.25) is 0 Å². The number of nitrogens with zero attached hydrogens (tertiary/aromatic N) is 6. The first-order valence-corrected chi connectivity index (χ1v) is 9.28. The molecule has 0 aliphatic carbocycles. The van der Waals surface area contributed by atoms with Gasteiger partial charge in [0, 0.05) is 31.8 Å². The van der Waals surface area contributed by atoms with Crippen LogP contribution >= 0.6 is 0 Å². The molecule has 3 aromatic rings. The summed E-state index contributed by atoms with van der Waals surface area (Å²) >= 11 is 0. The molecule has 4 rings (SSSR count). The monoisotopic (exact) mass is 368 g/mol. The highest BCUT2D eigenvalue weighted by Gasteiger charge is 2.30. The molecule has 1 aliphatic heterocycles. The third-order valence-electron chi connectivity index (χ3n) is 5.12. The minimum absolute atomic E-state index is 0.0750. The molecule has 1 saturated heterocycles. The summed E-state index contributed by atoms with van der Waals surface area (Å²) in [5.41, 5.74) is 2.09. The fourth-order valence-electron chi connectivity index (χ4n) is 3.68. The summed E-state index contributed by atoms with van der Waals surface area (Å²) in [4.78, 5) is 6.76. The van der Waals surface area contributed by atoms with Gasteiger partial charge >= 0.3 is 0 Å². The van der Waals surface area contributed by atoms with Gasteiger partial charge in [-0.2, -0.15) is 0 Å². The number of piperidine rings is 1. The second-order valence-electron chi connectivity index (χ2n) is 6.88. The van der Waals surface area contributed by atoms with E-state index in [-0.39, 0.29) is 12.1 Å².